The van der Waals surface area contributed by atoms with Gasteiger partial charge in [-0.3, -0.25) is 14.9 Å². The molecule has 21 heavy (non-hydrogen) atoms. The molecular weight excluding hydrogens is 284 g/mol. The van der Waals surface area contributed by atoms with Crippen molar-refractivity contribution in [1.82, 2.24) is 5.16 Å². The summed E-state index contributed by atoms with van der Waals surface area (Å²) >= 11 is 0. The number of hydrogen-bond donors (Lipinski definition) is 1. The highest BCUT2D eigenvalue weighted by atomic mass is 16.6. The molecule has 0 bridgehead atoms. The van der Waals surface area contributed by atoms with Gasteiger partial charge in [0.15, 0.2) is 5.69 Å². The molecule has 1 aromatic carbocycles. The first-order chi connectivity index (χ1) is 9.95. The van der Waals surface area contributed by atoms with Gasteiger partial charge in [-0.2, -0.15) is 0 Å². The molecule has 2 rings (SSSR count). The lowest BCUT2D eigenvalue weighted by Gasteiger charge is -2.05. The third kappa shape index (κ3) is 2.56. The van der Waals surface area contributed by atoms with Crippen LogP contribution in [-0.2, 0) is 4.74 Å². The van der Waals surface area contributed by atoms with Gasteiger partial charge in [-0.1, -0.05) is 0 Å². The van der Waals surface area contributed by atoms with E-state index in [9.17, 15) is 24.5 Å². The third-order valence-corrected chi connectivity index (χ3v) is 2.66. The first-order valence-corrected chi connectivity index (χ1v) is 5.54. The summed E-state index contributed by atoms with van der Waals surface area (Å²) in [6, 6.07) is 4.78. The third-order valence-electron chi connectivity index (χ3n) is 2.66. The van der Waals surface area contributed by atoms with E-state index in [-0.39, 0.29) is 22.5 Å². The van der Waals surface area contributed by atoms with Gasteiger partial charge in [0.05, 0.1) is 17.6 Å². The van der Waals surface area contributed by atoms with E-state index < -0.39 is 21.9 Å². The molecule has 1 aromatic heterocycles. The van der Waals surface area contributed by atoms with E-state index in [0.717, 1.165) is 19.2 Å². The minimum absolute atomic E-state index is 0.148. The molecule has 0 spiro atoms. The van der Waals surface area contributed by atoms with Gasteiger partial charge in [0.1, 0.15) is 0 Å². The largest absolute Gasteiger partial charge is 0.464 e. The molecule has 9 nitrogen and oxygen atoms in total. The zero-order valence-corrected chi connectivity index (χ0v) is 10.6. The Morgan fingerprint density at radius 2 is 1.90 bits per heavy atom. The Morgan fingerprint density at radius 1 is 1.29 bits per heavy atom. The van der Waals surface area contributed by atoms with Crippen molar-refractivity contribution in [1.29, 1.82) is 0 Å². The van der Waals surface area contributed by atoms with E-state index in [4.69, 9.17) is 0 Å². The van der Waals surface area contributed by atoms with Gasteiger partial charge in [0.25, 0.3) is 11.1 Å². The summed E-state index contributed by atoms with van der Waals surface area (Å²) in [5, 5.41) is 12.6. The highest BCUT2D eigenvalue weighted by molar-refractivity contribution is 5.94. The monoisotopic (exact) mass is 292 g/mol. The molecule has 0 saturated carbocycles. The SMILES string of the molecule is COC(=O)c1[nH]oc(=O)c(=O)c1-c1ccc([N+](=O)[O-])cc1. The molecule has 0 unspecified atom stereocenters. The number of aromatic amines is 1. The summed E-state index contributed by atoms with van der Waals surface area (Å²) in [6.07, 6.45) is 0. The molecule has 9 heteroatoms. The maximum atomic E-state index is 11.9. The van der Waals surface area contributed by atoms with Crippen molar-refractivity contribution in [2.24, 2.45) is 0 Å². The summed E-state index contributed by atoms with van der Waals surface area (Å²) < 4.78 is 8.81. The number of carbonyl (C=O) groups excluding carboxylic acids is 1. The van der Waals surface area contributed by atoms with Crippen molar-refractivity contribution < 1.29 is 19.0 Å². The molecule has 108 valence electrons. The second kappa shape index (κ2) is 5.41. The molecule has 2 aromatic rings. The number of nitro groups is 1. The number of esters is 1. The maximum absolute atomic E-state index is 11.9. The van der Waals surface area contributed by atoms with Gasteiger partial charge < -0.3 is 9.26 Å². The summed E-state index contributed by atoms with van der Waals surface area (Å²) in [5.74, 6) is -0.913. The Labute approximate surface area is 115 Å². The van der Waals surface area contributed by atoms with E-state index in [1.165, 1.54) is 12.1 Å². The second-order valence-electron chi connectivity index (χ2n) is 3.87. The Bertz CT molecular complexity index is 817. The molecule has 0 fully saturated rings. The van der Waals surface area contributed by atoms with Crippen LogP contribution in [0.1, 0.15) is 10.5 Å². The number of ether oxygens (including phenoxy) is 1. The molecular formula is C12H8N2O7. The van der Waals surface area contributed by atoms with Crippen LogP contribution in [0.3, 0.4) is 0 Å². The fourth-order valence-corrected chi connectivity index (χ4v) is 1.68. The van der Waals surface area contributed by atoms with Gasteiger partial charge in [0.2, 0.25) is 0 Å². The lowest BCUT2D eigenvalue weighted by Crippen LogP contribution is -2.28. The van der Waals surface area contributed by atoms with Gasteiger partial charge in [0, 0.05) is 12.1 Å². The number of aromatic nitrogens is 1. The van der Waals surface area contributed by atoms with Crippen LogP contribution in [0.15, 0.2) is 38.4 Å². The summed E-state index contributed by atoms with van der Waals surface area (Å²) in [6.45, 7) is 0. The van der Waals surface area contributed by atoms with Crippen LogP contribution in [0.2, 0.25) is 0 Å². The average molecular weight is 292 g/mol. The Morgan fingerprint density at radius 3 is 2.43 bits per heavy atom. The zero-order chi connectivity index (χ0) is 15.6. The van der Waals surface area contributed by atoms with Gasteiger partial charge in [-0.15, -0.1) is 0 Å². The molecule has 0 radical (unpaired) electrons. The van der Waals surface area contributed by atoms with Crippen molar-refractivity contribution in [2.75, 3.05) is 7.11 Å². The number of nitro benzene ring substituents is 1. The fraction of sp³-hybridized carbons (Fsp3) is 0.0833. The number of hydrogen-bond acceptors (Lipinski definition) is 7. The minimum atomic E-state index is -1.20. The molecule has 1 heterocycles. The normalized spacial score (nSPS) is 10.1. The lowest BCUT2D eigenvalue weighted by atomic mass is 10.0. The number of carbonyl (C=O) groups is 1. The number of nitrogens with zero attached hydrogens (tertiary/aromatic N) is 1. The van der Waals surface area contributed by atoms with Crippen LogP contribution >= 0.6 is 0 Å². The number of H-pyrrole nitrogens is 1. The second-order valence-corrected chi connectivity index (χ2v) is 3.87. The van der Waals surface area contributed by atoms with Crippen LogP contribution in [0.25, 0.3) is 11.1 Å². The maximum Gasteiger partial charge on any atom is 0.403 e. The molecule has 0 aliphatic heterocycles. The van der Waals surface area contributed by atoms with Crippen LogP contribution in [0.5, 0.6) is 0 Å². The van der Waals surface area contributed by atoms with Gasteiger partial charge >= 0.3 is 11.6 Å². The predicted molar refractivity (Wildman–Crippen MR) is 69.0 cm³/mol. The Kier molecular flexibility index (Phi) is 3.65. The van der Waals surface area contributed by atoms with Crippen molar-refractivity contribution in [2.45, 2.75) is 0 Å². The Balaban J connectivity index is 2.69. The van der Waals surface area contributed by atoms with Gasteiger partial charge in [-0.05, 0) is 17.7 Å². The number of rotatable bonds is 3. The van der Waals surface area contributed by atoms with Crippen molar-refractivity contribution in [3.63, 3.8) is 0 Å². The van der Waals surface area contributed by atoms with E-state index in [1.807, 2.05) is 5.16 Å². The number of methoxy groups -OCH3 is 1. The molecule has 0 amide bonds. The zero-order valence-electron chi connectivity index (χ0n) is 10.6. The lowest BCUT2D eigenvalue weighted by molar-refractivity contribution is -0.384. The fourth-order valence-electron chi connectivity index (χ4n) is 1.68. The van der Waals surface area contributed by atoms with E-state index in [1.54, 1.807) is 0 Å². The Hall–Kier alpha value is -3.23. The molecule has 0 atom stereocenters. The van der Waals surface area contributed by atoms with E-state index >= 15 is 0 Å². The first kappa shape index (κ1) is 14.2. The van der Waals surface area contributed by atoms with Crippen LogP contribution in [-0.4, -0.2) is 23.2 Å². The summed E-state index contributed by atoms with van der Waals surface area (Å²) in [7, 11) is 1.09. The van der Waals surface area contributed by atoms with Crippen molar-refractivity contribution in [3.05, 3.63) is 60.7 Å². The number of non-ortho nitro benzene ring substituents is 1. The smallest absolute Gasteiger partial charge is 0.403 e. The summed E-state index contributed by atoms with van der Waals surface area (Å²) in [4.78, 5) is 44.7. The molecule has 0 aliphatic rings. The van der Waals surface area contributed by atoms with Crippen LogP contribution in [0.4, 0.5) is 5.69 Å². The standard InChI is InChI=1S/C12H8N2O7/c1-20-11(16)9-8(10(15)12(17)21-13-9)6-2-4-7(5-3-6)14(18)19/h2-5,13H,1H3. The van der Waals surface area contributed by atoms with Gasteiger partial charge in [-0.25, -0.2) is 14.7 Å². The van der Waals surface area contributed by atoms with Crippen molar-refractivity contribution in [3.8, 4) is 11.1 Å². The topological polar surface area (TPSA) is 133 Å². The number of nitrogens with one attached hydrogen (secondary N) is 1. The average Bonchev–Trinajstić information content (AvgIpc) is 2.49. The number of benzene rings is 1. The molecule has 0 aliphatic carbocycles. The molecule has 0 saturated heterocycles. The quantitative estimate of drug-likeness (QED) is 0.381. The van der Waals surface area contributed by atoms with Crippen LogP contribution < -0.4 is 11.1 Å². The molecule has 1 N–H and O–H groups in total. The van der Waals surface area contributed by atoms with Crippen LogP contribution in [0, 0.1) is 10.1 Å². The van der Waals surface area contributed by atoms with Crippen molar-refractivity contribution >= 4 is 11.7 Å². The first-order valence-electron chi connectivity index (χ1n) is 5.54. The summed E-state index contributed by atoms with van der Waals surface area (Å²) in [5.41, 5.74) is -2.92. The minimum Gasteiger partial charge on any atom is -0.464 e. The van der Waals surface area contributed by atoms with E-state index in [0.29, 0.717) is 0 Å². The highest BCUT2D eigenvalue weighted by Gasteiger charge is 2.21. The van der Waals surface area contributed by atoms with E-state index in [2.05, 4.69) is 9.26 Å². The predicted octanol–water partition coefficient (Wildman–Crippen LogP) is 0.690. The highest BCUT2D eigenvalue weighted by Crippen LogP contribution is 2.21.